The van der Waals surface area contributed by atoms with Crippen molar-refractivity contribution in [3.63, 3.8) is 0 Å². The van der Waals surface area contributed by atoms with Crippen LogP contribution in [0, 0.1) is 12.7 Å². The van der Waals surface area contributed by atoms with Gasteiger partial charge in [0.05, 0.1) is 17.4 Å². The molecule has 0 radical (unpaired) electrons. The average Bonchev–Trinajstić information content (AvgIpc) is 2.87. The minimum absolute atomic E-state index is 0.267. The van der Waals surface area contributed by atoms with E-state index in [4.69, 9.17) is 0 Å². The minimum atomic E-state index is -0.351. The highest BCUT2D eigenvalue weighted by atomic mass is 19.1. The fraction of sp³-hybridized carbons (Fsp3) is 0.0667. The van der Waals surface area contributed by atoms with Crippen molar-refractivity contribution in [2.24, 2.45) is 0 Å². The van der Waals surface area contributed by atoms with Gasteiger partial charge in [-0.05, 0) is 42.8 Å². The molecule has 100 valence electrons. The maximum atomic E-state index is 13.1. The standard InChI is InChI=1S/C15H12FN3O/c1-9-7-10(16)5-6-11(9)15(20)18-13-3-2-4-14-12(13)8-17-19-14/h2-8H,1H3,(H,17,19)(H,18,20). The number of nitrogens with zero attached hydrogens (tertiary/aromatic N) is 1. The third-order valence-corrected chi connectivity index (χ3v) is 3.17. The lowest BCUT2D eigenvalue weighted by Gasteiger charge is -2.08. The van der Waals surface area contributed by atoms with Gasteiger partial charge < -0.3 is 5.32 Å². The summed E-state index contributed by atoms with van der Waals surface area (Å²) < 4.78 is 13.1. The number of nitrogens with one attached hydrogen (secondary N) is 2. The van der Waals surface area contributed by atoms with Crippen LogP contribution in [-0.4, -0.2) is 16.1 Å². The predicted molar refractivity (Wildman–Crippen MR) is 75.2 cm³/mol. The number of anilines is 1. The lowest BCUT2D eigenvalue weighted by Crippen LogP contribution is -2.13. The molecular formula is C15H12FN3O. The maximum Gasteiger partial charge on any atom is 0.255 e. The van der Waals surface area contributed by atoms with E-state index in [-0.39, 0.29) is 11.7 Å². The normalized spacial score (nSPS) is 10.7. The monoisotopic (exact) mass is 269 g/mol. The first-order chi connectivity index (χ1) is 9.65. The van der Waals surface area contributed by atoms with Gasteiger partial charge in [0.1, 0.15) is 5.82 Å². The molecule has 0 spiro atoms. The van der Waals surface area contributed by atoms with Crippen LogP contribution in [0.25, 0.3) is 10.9 Å². The zero-order valence-corrected chi connectivity index (χ0v) is 10.8. The highest BCUT2D eigenvalue weighted by Gasteiger charge is 2.11. The zero-order valence-electron chi connectivity index (χ0n) is 10.8. The van der Waals surface area contributed by atoms with Crippen LogP contribution >= 0.6 is 0 Å². The lowest BCUT2D eigenvalue weighted by atomic mass is 10.1. The van der Waals surface area contributed by atoms with Crippen molar-refractivity contribution in [3.05, 3.63) is 59.5 Å². The molecule has 0 aliphatic heterocycles. The number of H-pyrrole nitrogens is 1. The van der Waals surface area contributed by atoms with Crippen molar-refractivity contribution in [1.82, 2.24) is 10.2 Å². The number of aromatic amines is 1. The molecule has 1 amide bonds. The molecule has 0 saturated heterocycles. The van der Waals surface area contributed by atoms with Crippen molar-refractivity contribution in [1.29, 1.82) is 0 Å². The summed E-state index contributed by atoms with van der Waals surface area (Å²) in [6.45, 7) is 1.70. The Labute approximate surface area is 114 Å². The third-order valence-electron chi connectivity index (χ3n) is 3.17. The molecule has 0 aliphatic carbocycles. The summed E-state index contributed by atoms with van der Waals surface area (Å²) in [7, 11) is 0. The summed E-state index contributed by atoms with van der Waals surface area (Å²) in [6.07, 6.45) is 1.66. The van der Waals surface area contributed by atoms with E-state index in [9.17, 15) is 9.18 Å². The van der Waals surface area contributed by atoms with Gasteiger partial charge in [-0.1, -0.05) is 6.07 Å². The van der Waals surface area contributed by atoms with Crippen LogP contribution in [0.1, 0.15) is 15.9 Å². The van der Waals surface area contributed by atoms with Crippen molar-refractivity contribution in [2.75, 3.05) is 5.32 Å². The molecule has 0 aliphatic rings. The Morgan fingerprint density at radius 1 is 1.30 bits per heavy atom. The topological polar surface area (TPSA) is 57.8 Å². The van der Waals surface area contributed by atoms with Crippen molar-refractivity contribution < 1.29 is 9.18 Å². The first-order valence-electron chi connectivity index (χ1n) is 6.15. The number of halogens is 1. The molecule has 0 fully saturated rings. The molecule has 0 saturated carbocycles. The van der Waals surface area contributed by atoms with Crippen LogP contribution in [0.2, 0.25) is 0 Å². The number of aromatic nitrogens is 2. The number of fused-ring (bicyclic) bond motifs is 1. The molecule has 5 heteroatoms. The number of benzene rings is 2. The van der Waals surface area contributed by atoms with E-state index in [1.54, 1.807) is 19.2 Å². The molecule has 1 aromatic heterocycles. The number of aryl methyl sites for hydroxylation is 1. The van der Waals surface area contributed by atoms with Crippen molar-refractivity contribution in [2.45, 2.75) is 6.92 Å². The summed E-state index contributed by atoms with van der Waals surface area (Å²) in [5.74, 6) is -0.618. The Kier molecular flexibility index (Phi) is 2.95. The van der Waals surface area contributed by atoms with Gasteiger partial charge in [-0.2, -0.15) is 5.10 Å². The Morgan fingerprint density at radius 3 is 2.95 bits per heavy atom. The van der Waals surface area contributed by atoms with Gasteiger partial charge in [0.15, 0.2) is 0 Å². The van der Waals surface area contributed by atoms with Crippen molar-refractivity contribution in [3.8, 4) is 0 Å². The molecule has 0 bridgehead atoms. The van der Waals surface area contributed by atoms with Crippen LogP contribution in [0.15, 0.2) is 42.6 Å². The molecule has 3 aromatic rings. The van der Waals surface area contributed by atoms with Gasteiger partial charge in [0.25, 0.3) is 5.91 Å². The van der Waals surface area contributed by atoms with Gasteiger partial charge >= 0.3 is 0 Å². The van der Waals surface area contributed by atoms with E-state index in [1.807, 2.05) is 12.1 Å². The first-order valence-corrected chi connectivity index (χ1v) is 6.15. The molecule has 2 N–H and O–H groups in total. The van der Waals surface area contributed by atoms with Gasteiger partial charge in [-0.15, -0.1) is 0 Å². The van der Waals surface area contributed by atoms with Crippen LogP contribution in [0.5, 0.6) is 0 Å². The molecular weight excluding hydrogens is 257 g/mol. The Hall–Kier alpha value is -2.69. The van der Waals surface area contributed by atoms with E-state index in [0.717, 1.165) is 10.9 Å². The molecule has 0 unspecified atom stereocenters. The highest BCUT2D eigenvalue weighted by Crippen LogP contribution is 2.22. The Bertz CT molecular complexity index is 795. The number of amides is 1. The predicted octanol–water partition coefficient (Wildman–Crippen LogP) is 3.26. The Balaban J connectivity index is 1.94. The van der Waals surface area contributed by atoms with E-state index < -0.39 is 0 Å². The van der Waals surface area contributed by atoms with Gasteiger partial charge in [0.2, 0.25) is 0 Å². The van der Waals surface area contributed by atoms with Crippen LogP contribution in [-0.2, 0) is 0 Å². The molecule has 1 heterocycles. The van der Waals surface area contributed by atoms with Gasteiger partial charge in [-0.25, -0.2) is 4.39 Å². The second-order valence-electron chi connectivity index (χ2n) is 4.55. The summed E-state index contributed by atoms with van der Waals surface area (Å²) in [5, 5.41) is 10.4. The molecule has 3 rings (SSSR count). The third kappa shape index (κ3) is 2.14. The van der Waals surface area contributed by atoms with E-state index >= 15 is 0 Å². The first kappa shape index (κ1) is 12.3. The second-order valence-corrected chi connectivity index (χ2v) is 4.55. The fourth-order valence-electron chi connectivity index (χ4n) is 2.15. The largest absolute Gasteiger partial charge is 0.321 e. The molecule has 2 aromatic carbocycles. The van der Waals surface area contributed by atoms with E-state index in [2.05, 4.69) is 15.5 Å². The van der Waals surface area contributed by atoms with Gasteiger partial charge in [-0.3, -0.25) is 9.89 Å². The summed E-state index contributed by atoms with van der Waals surface area (Å²) in [4.78, 5) is 12.2. The van der Waals surface area contributed by atoms with Crippen LogP contribution in [0.4, 0.5) is 10.1 Å². The Morgan fingerprint density at radius 2 is 2.15 bits per heavy atom. The zero-order chi connectivity index (χ0) is 14.1. The number of carbonyl (C=O) groups excluding carboxylic acids is 1. The molecule has 0 atom stereocenters. The number of rotatable bonds is 2. The second kappa shape index (κ2) is 4.77. The SMILES string of the molecule is Cc1cc(F)ccc1C(=O)Nc1cccc2[nH]ncc12. The number of carbonyl (C=O) groups is 1. The number of hydrogen-bond donors (Lipinski definition) is 2. The highest BCUT2D eigenvalue weighted by molar-refractivity contribution is 6.09. The van der Waals surface area contributed by atoms with E-state index in [1.165, 1.54) is 18.2 Å². The summed E-state index contributed by atoms with van der Waals surface area (Å²) in [5.41, 5.74) is 2.57. The molecule has 4 nitrogen and oxygen atoms in total. The average molecular weight is 269 g/mol. The van der Waals surface area contributed by atoms with E-state index in [0.29, 0.717) is 16.8 Å². The van der Waals surface area contributed by atoms with Gasteiger partial charge in [0, 0.05) is 10.9 Å². The maximum absolute atomic E-state index is 13.1. The summed E-state index contributed by atoms with van der Waals surface area (Å²) >= 11 is 0. The minimum Gasteiger partial charge on any atom is -0.321 e. The van der Waals surface area contributed by atoms with Crippen LogP contribution in [0.3, 0.4) is 0 Å². The van der Waals surface area contributed by atoms with Crippen molar-refractivity contribution >= 4 is 22.5 Å². The van der Waals surface area contributed by atoms with Crippen LogP contribution < -0.4 is 5.32 Å². The quantitative estimate of drug-likeness (QED) is 0.750. The lowest BCUT2D eigenvalue weighted by molar-refractivity contribution is 0.102. The fourth-order valence-corrected chi connectivity index (χ4v) is 2.15. The summed E-state index contributed by atoms with van der Waals surface area (Å²) in [6, 6.07) is 9.60. The molecule has 20 heavy (non-hydrogen) atoms. The number of hydrogen-bond acceptors (Lipinski definition) is 2. The smallest absolute Gasteiger partial charge is 0.255 e.